The number of halogens is 2. The first-order valence-corrected chi connectivity index (χ1v) is 6.29. The van der Waals surface area contributed by atoms with Crippen LogP contribution in [0.5, 0.6) is 0 Å². The molecule has 0 saturated carbocycles. The van der Waals surface area contributed by atoms with E-state index in [0.717, 1.165) is 0 Å². The van der Waals surface area contributed by atoms with Crippen LogP contribution < -0.4 is 0 Å². The highest BCUT2D eigenvalue weighted by molar-refractivity contribution is 5.89. The fraction of sp³-hybridized carbons (Fsp3) is 0.188. The molecule has 0 radical (unpaired) electrons. The molecule has 110 valence electrons. The van der Waals surface area contributed by atoms with Crippen LogP contribution in [-0.2, 0) is 22.7 Å². The maximum atomic E-state index is 13.7. The standard InChI is InChI=1S/C16H14F2O3/c1-20-16(19)13-7-6-11(8-15(13)18)9-21-10-12-4-2-3-5-14(12)17/h2-8H,9-10H2,1H3. The van der Waals surface area contributed by atoms with Crippen LogP contribution >= 0.6 is 0 Å². The van der Waals surface area contributed by atoms with Gasteiger partial charge in [-0.25, -0.2) is 13.6 Å². The lowest BCUT2D eigenvalue weighted by Gasteiger charge is -2.07. The molecule has 3 nitrogen and oxygen atoms in total. The van der Waals surface area contributed by atoms with Crippen LogP contribution in [0.2, 0.25) is 0 Å². The van der Waals surface area contributed by atoms with E-state index in [1.165, 1.54) is 25.3 Å². The lowest BCUT2D eigenvalue weighted by Crippen LogP contribution is -2.05. The van der Waals surface area contributed by atoms with Gasteiger partial charge in [0.15, 0.2) is 0 Å². The van der Waals surface area contributed by atoms with Crippen molar-refractivity contribution in [2.45, 2.75) is 13.2 Å². The molecule has 0 amide bonds. The average Bonchev–Trinajstić information content (AvgIpc) is 2.48. The van der Waals surface area contributed by atoms with E-state index in [4.69, 9.17) is 4.74 Å². The fourth-order valence-electron chi connectivity index (χ4n) is 1.82. The predicted octanol–water partition coefficient (Wildman–Crippen LogP) is 3.47. The monoisotopic (exact) mass is 292 g/mol. The highest BCUT2D eigenvalue weighted by Crippen LogP contribution is 2.14. The van der Waals surface area contributed by atoms with E-state index in [1.54, 1.807) is 24.3 Å². The number of rotatable bonds is 5. The van der Waals surface area contributed by atoms with Crippen molar-refractivity contribution < 1.29 is 23.0 Å². The summed E-state index contributed by atoms with van der Waals surface area (Å²) in [4.78, 5) is 11.2. The second-order valence-electron chi connectivity index (χ2n) is 4.39. The Labute approximate surface area is 121 Å². The smallest absolute Gasteiger partial charge is 0.340 e. The Morgan fingerprint density at radius 1 is 1.05 bits per heavy atom. The number of carbonyl (C=O) groups excluding carboxylic acids is 1. The Balaban J connectivity index is 1.97. The summed E-state index contributed by atoms with van der Waals surface area (Å²) in [6.45, 7) is 0.208. The molecule has 2 rings (SSSR count). The molecule has 5 heteroatoms. The third-order valence-electron chi connectivity index (χ3n) is 2.92. The SMILES string of the molecule is COC(=O)c1ccc(COCc2ccccc2F)cc1F. The zero-order chi connectivity index (χ0) is 15.2. The predicted molar refractivity (Wildman–Crippen MR) is 72.6 cm³/mol. The molecule has 0 N–H and O–H groups in total. The summed E-state index contributed by atoms with van der Waals surface area (Å²) in [5, 5.41) is 0. The number of ether oxygens (including phenoxy) is 2. The van der Waals surface area contributed by atoms with Crippen molar-refractivity contribution in [3.63, 3.8) is 0 Å². The number of esters is 1. The first-order valence-electron chi connectivity index (χ1n) is 6.29. The largest absolute Gasteiger partial charge is 0.465 e. The molecule has 0 aromatic heterocycles. The Kier molecular flexibility index (Phi) is 5.00. The minimum atomic E-state index is -0.730. The molecule has 2 aromatic carbocycles. The highest BCUT2D eigenvalue weighted by atomic mass is 19.1. The molecule has 0 aliphatic heterocycles. The van der Waals surface area contributed by atoms with Gasteiger partial charge in [-0.1, -0.05) is 24.3 Å². The second-order valence-corrected chi connectivity index (χ2v) is 4.39. The zero-order valence-corrected chi connectivity index (χ0v) is 11.4. The molecule has 2 aromatic rings. The molecule has 0 atom stereocenters. The summed E-state index contributed by atoms with van der Waals surface area (Å²) in [6.07, 6.45) is 0. The number of benzene rings is 2. The van der Waals surface area contributed by atoms with Crippen molar-refractivity contribution in [1.29, 1.82) is 0 Å². The van der Waals surface area contributed by atoms with Crippen LogP contribution in [0.15, 0.2) is 42.5 Å². The fourth-order valence-corrected chi connectivity index (χ4v) is 1.82. The van der Waals surface area contributed by atoms with Crippen LogP contribution in [0.3, 0.4) is 0 Å². The van der Waals surface area contributed by atoms with Gasteiger partial charge in [0, 0.05) is 5.56 Å². The minimum Gasteiger partial charge on any atom is -0.465 e. The summed E-state index contributed by atoms with van der Waals surface area (Å²) < 4.78 is 36.9. The van der Waals surface area contributed by atoms with Gasteiger partial charge in [0.25, 0.3) is 0 Å². The van der Waals surface area contributed by atoms with Gasteiger partial charge in [0.2, 0.25) is 0 Å². The van der Waals surface area contributed by atoms with E-state index >= 15 is 0 Å². The molecular formula is C16H14F2O3. The minimum absolute atomic E-state index is 0.0903. The van der Waals surface area contributed by atoms with Gasteiger partial charge in [-0.2, -0.15) is 0 Å². The Hall–Kier alpha value is -2.27. The van der Waals surface area contributed by atoms with Crippen molar-refractivity contribution in [3.8, 4) is 0 Å². The number of methoxy groups -OCH3 is 1. The summed E-state index contributed by atoms with van der Waals surface area (Å²) in [7, 11) is 1.19. The summed E-state index contributed by atoms with van der Waals surface area (Å²) in [5.41, 5.74) is 0.857. The van der Waals surface area contributed by atoms with Crippen LogP contribution in [0.1, 0.15) is 21.5 Å². The van der Waals surface area contributed by atoms with Gasteiger partial charge in [-0.05, 0) is 23.8 Å². The molecule has 0 aliphatic carbocycles. The van der Waals surface area contributed by atoms with Crippen LogP contribution in [0, 0.1) is 11.6 Å². The van der Waals surface area contributed by atoms with Gasteiger partial charge >= 0.3 is 5.97 Å². The Morgan fingerprint density at radius 2 is 1.81 bits per heavy atom. The molecule has 0 heterocycles. The first kappa shape index (κ1) is 15.1. The molecule has 0 fully saturated rings. The lowest BCUT2D eigenvalue weighted by atomic mass is 10.1. The number of hydrogen-bond donors (Lipinski definition) is 0. The summed E-state index contributed by atoms with van der Waals surface area (Å²) in [6, 6.07) is 10.4. The maximum absolute atomic E-state index is 13.7. The molecular weight excluding hydrogens is 278 g/mol. The number of carbonyl (C=O) groups is 1. The van der Waals surface area contributed by atoms with Crippen molar-refractivity contribution in [2.75, 3.05) is 7.11 Å². The summed E-state index contributed by atoms with van der Waals surface area (Å²) in [5.74, 6) is -1.75. The van der Waals surface area contributed by atoms with E-state index in [1.807, 2.05) is 0 Å². The van der Waals surface area contributed by atoms with Crippen LogP contribution in [0.25, 0.3) is 0 Å². The maximum Gasteiger partial charge on any atom is 0.340 e. The lowest BCUT2D eigenvalue weighted by molar-refractivity contribution is 0.0595. The Bertz CT molecular complexity index is 641. The van der Waals surface area contributed by atoms with E-state index in [9.17, 15) is 13.6 Å². The third kappa shape index (κ3) is 3.86. The highest BCUT2D eigenvalue weighted by Gasteiger charge is 2.12. The van der Waals surface area contributed by atoms with Gasteiger partial charge in [-0.15, -0.1) is 0 Å². The van der Waals surface area contributed by atoms with Gasteiger partial charge < -0.3 is 9.47 Å². The van der Waals surface area contributed by atoms with E-state index < -0.39 is 11.8 Å². The molecule has 0 unspecified atom stereocenters. The normalized spacial score (nSPS) is 10.4. The third-order valence-corrected chi connectivity index (χ3v) is 2.92. The van der Waals surface area contributed by atoms with Crippen molar-refractivity contribution in [2.24, 2.45) is 0 Å². The molecule has 0 bridgehead atoms. The second kappa shape index (κ2) is 6.95. The van der Waals surface area contributed by atoms with Crippen LogP contribution in [0.4, 0.5) is 8.78 Å². The topological polar surface area (TPSA) is 35.5 Å². The quantitative estimate of drug-likeness (QED) is 0.792. The van der Waals surface area contributed by atoms with Gasteiger partial charge in [0.05, 0.1) is 25.9 Å². The van der Waals surface area contributed by atoms with Crippen molar-refractivity contribution >= 4 is 5.97 Å². The molecule has 21 heavy (non-hydrogen) atoms. The van der Waals surface area contributed by atoms with E-state index in [-0.39, 0.29) is 24.6 Å². The van der Waals surface area contributed by atoms with Crippen molar-refractivity contribution in [3.05, 3.63) is 70.8 Å². The molecule has 0 saturated heterocycles. The van der Waals surface area contributed by atoms with Crippen molar-refractivity contribution in [1.82, 2.24) is 0 Å². The molecule has 0 spiro atoms. The van der Waals surface area contributed by atoms with Crippen LogP contribution in [-0.4, -0.2) is 13.1 Å². The number of hydrogen-bond acceptors (Lipinski definition) is 3. The Morgan fingerprint density at radius 3 is 2.48 bits per heavy atom. The van der Waals surface area contributed by atoms with E-state index in [2.05, 4.69) is 4.74 Å². The average molecular weight is 292 g/mol. The van der Waals surface area contributed by atoms with E-state index in [0.29, 0.717) is 11.1 Å². The molecule has 0 aliphatic rings. The van der Waals surface area contributed by atoms with Gasteiger partial charge in [-0.3, -0.25) is 0 Å². The first-order chi connectivity index (χ1) is 10.1. The summed E-state index contributed by atoms with van der Waals surface area (Å²) >= 11 is 0. The zero-order valence-electron chi connectivity index (χ0n) is 11.4. The van der Waals surface area contributed by atoms with Gasteiger partial charge in [0.1, 0.15) is 11.6 Å².